The minimum Gasteiger partial charge on any atom is -0.484 e. The quantitative estimate of drug-likeness (QED) is 0.919. The molecule has 0 unspecified atom stereocenters. The molecule has 0 spiro atoms. The molecule has 2 saturated heterocycles. The van der Waals surface area contributed by atoms with E-state index in [2.05, 4.69) is 5.32 Å². The smallest absolute Gasteiger partial charge is 0.260 e. The second kappa shape index (κ2) is 6.40. The fourth-order valence-electron chi connectivity index (χ4n) is 3.48. The normalized spacial score (nSPS) is 23.4. The van der Waals surface area contributed by atoms with E-state index in [1.165, 1.54) is 0 Å². The van der Waals surface area contributed by atoms with Gasteiger partial charge in [-0.3, -0.25) is 9.59 Å². The lowest BCUT2D eigenvalue weighted by atomic mass is 9.91. The maximum absolute atomic E-state index is 12.5. The van der Waals surface area contributed by atoms with Crippen molar-refractivity contribution < 1.29 is 14.3 Å². The zero-order chi connectivity index (χ0) is 16.6. The van der Waals surface area contributed by atoms with Crippen molar-refractivity contribution in [3.63, 3.8) is 0 Å². The molecule has 0 aliphatic carbocycles. The van der Waals surface area contributed by atoms with Crippen LogP contribution in [0, 0.1) is 19.8 Å². The summed E-state index contributed by atoms with van der Waals surface area (Å²) in [5.41, 5.74) is 1.86. The molecule has 1 aromatic rings. The topological polar surface area (TPSA) is 58.6 Å². The van der Waals surface area contributed by atoms with Crippen molar-refractivity contribution in [2.24, 2.45) is 5.92 Å². The summed E-state index contributed by atoms with van der Waals surface area (Å²) < 4.78 is 5.66. The van der Waals surface area contributed by atoms with Crippen LogP contribution in [0.1, 0.15) is 24.0 Å². The molecule has 1 N–H and O–H groups in total. The highest BCUT2D eigenvalue weighted by atomic mass is 35.5. The molecule has 23 heavy (non-hydrogen) atoms. The monoisotopic (exact) mass is 336 g/mol. The molecular formula is C17H21ClN2O3. The van der Waals surface area contributed by atoms with Gasteiger partial charge in [0.25, 0.3) is 5.91 Å². The van der Waals surface area contributed by atoms with Crippen LogP contribution in [0.3, 0.4) is 0 Å². The first kappa shape index (κ1) is 16.1. The van der Waals surface area contributed by atoms with E-state index >= 15 is 0 Å². The SMILES string of the molecule is Cc1cc(OCC(=O)N2CCC[C@H]3C(=O)NC[C@H]32)cc(C)c1Cl. The molecule has 5 nitrogen and oxygen atoms in total. The fourth-order valence-corrected chi connectivity index (χ4v) is 3.59. The second-order valence-corrected chi connectivity index (χ2v) is 6.69. The lowest BCUT2D eigenvalue weighted by molar-refractivity contribution is -0.138. The third kappa shape index (κ3) is 3.15. The number of nitrogens with zero attached hydrogens (tertiary/aromatic N) is 1. The molecule has 2 atom stereocenters. The van der Waals surface area contributed by atoms with Gasteiger partial charge in [-0.15, -0.1) is 0 Å². The van der Waals surface area contributed by atoms with Crippen LogP contribution in [-0.4, -0.2) is 42.5 Å². The van der Waals surface area contributed by atoms with Crippen molar-refractivity contribution in [2.45, 2.75) is 32.7 Å². The number of carbonyl (C=O) groups excluding carboxylic acids is 2. The standard InChI is InChI=1S/C17H21ClN2O3/c1-10-6-12(7-11(2)16(10)18)23-9-15(21)20-5-3-4-13-14(20)8-19-17(13)22/h6-7,13-14H,3-5,8-9H2,1-2H3,(H,19,22)/t13-,14-/m1/s1. The minimum absolute atomic E-state index is 0.0159. The van der Waals surface area contributed by atoms with Crippen LogP contribution in [0.5, 0.6) is 5.75 Å². The number of hydrogen-bond acceptors (Lipinski definition) is 3. The van der Waals surface area contributed by atoms with Gasteiger partial charge in [0.1, 0.15) is 5.75 Å². The van der Waals surface area contributed by atoms with Crippen LogP contribution in [0.2, 0.25) is 5.02 Å². The molecule has 1 aromatic carbocycles. The van der Waals surface area contributed by atoms with Crippen molar-refractivity contribution in [1.82, 2.24) is 10.2 Å². The van der Waals surface area contributed by atoms with Crippen LogP contribution >= 0.6 is 11.6 Å². The lowest BCUT2D eigenvalue weighted by Gasteiger charge is -2.35. The number of amides is 2. The number of aryl methyl sites for hydroxylation is 2. The molecular weight excluding hydrogens is 316 g/mol. The number of halogens is 1. The van der Waals surface area contributed by atoms with Crippen LogP contribution in [0.4, 0.5) is 0 Å². The zero-order valence-corrected chi connectivity index (χ0v) is 14.2. The Kier molecular flexibility index (Phi) is 4.48. The van der Waals surface area contributed by atoms with E-state index < -0.39 is 0 Å². The third-order valence-electron chi connectivity index (χ3n) is 4.69. The Bertz CT molecular complexity index is 624. The summed E-state index contributed by atoms with van der Waals surface area (Å²) >= 11 is 6.14. The molecule has 6 heteroatoms. The van der Waals surface area contributed by atoms with Crippen molar-refractivity contribution in [2.75, 3.05) is 19.7 Å². The molecule has 2 aliphatic heterocycles. The molecule has 124 valence electrons. The number of carbonyl (C=O) groups is 2. The van der Waals surface area contributed by atoms with E-state index in [4.69, 9.17) is 16.3 Å². The van der Waals surface area contributed by atoms with E-state index in [0.29, 0.717) is 18.8 Å². The average molecular weight is 337 g/mol. The molecule has 2 fully saturated rings. The highest BCUT2D eigenvalue weighted by Crippen LogP contribution is 2.28. The van der Waals surface area contributed by atoms with Gasteiger partial charge in [-0.25, -0.2) is 0 Å². The van der Waals surface area contributed by atoms with Crippen LogP contribution in [-0.2, 0) is 9.59 Å². The van der Waals surface area contributed by atoms with Crippen molar-refractivity contribution in [3.05, 3.63) is 28.3 Å². The first-order valence-corrected chi connectivity index (χ1v) is 8.32. The molecule has 0 bridgehead atoms. The summed E-state index contributed by atoms with van der Waals surface area (Å²) in [4.78, 5) is 26.1. The van der Waals surface area contributed by atoms with Gasteiger partial charge >= 0.3 is 0 Å². The number of nitrogens with one attached hydrogen (secondary N) is 1. The van der Waals surface area contributed by atoms with Crippen molar-refractivity contribution in [3.8, 4) is 5.75 Å². The van der Waals surface area contributed by atoms with Crippen LogP contribution < -0.4 is 10.1 Å². The van der Waals surface area contributed by atoms with Gasteiger partial charge in [0, 0.05) is 18.1 Å². The molecule has 2 heterocycles. The van der Waals surface area contributed by atoms with Gasteiger partial charge in [0.05, 0.1) is 12.0 Å². The zero-order valence-electron chi connectivity index (χ0n) is 13.4. The summed E-state index contributed by atoms with van der Waals surface area (Å²) in [5, 5.41) is 3.57. The summed E-state index contributed by atoms with van der Waals surface area (Å²) in [6.07, 6.45) is 1.72. The number of piperidine rings is 1. The van der Waals surface area contributed by atoms with Crippen LogP contribution in [0.25, 0.3) is 0 Å². The Balaban J connectivity index is 1.64. The summed E-state index contributed by atoms with van der Waals surface area (Å²) in [6.45, 7) is 5.05. The van der Waals surface area contributed by atoms with Gasteiger partial charge in [-0.1, -0.05) is 11.6 Å². The number of benzene rings is 1. The summed E-state index contributed by atoms with van der Waals surface area (Å²) in [5.74, 6) is 0.582. The van der Waals surface area contributed by atoms with Crippen LogP contribution in [0.15, 0.2) is 12.1 Å². The Morgan fingerprint density at radius 2 is 2.09 bits per heavy atom. The molecule has 2 amide bonds. The first-order valence-electron chi connectivity index (χ1n) is 7.94. The molecule has 0 radical (unpaired) electrons. The van der Waals surface area contributed by atoms with Gasteiger partial charge in [0.15, 0.2) is 6.61 Å². The second-order valence-electron chi connectivity index (χ2n) is 6.31. The highest BCUT2D eigenvalue weighted by molar-refractivity contribution is 6.32. The van der Waals surface area contributed by atoms with Gasteiger partial charge < -0.3 is 15.0 Å². The Labute approximate surface area is 140 Å². The lowest BCUT2D eigenvalue weighted by Crippen LogP contribution is -2.50. The minimum atomic E-state index is -0.0681. The predicted octanol–water partition coefficient (Wildman–Crippen LogP) is 2.07. The maximum atomic E-state index is 12.5. The van der Waals surface area contributed by atoms with Gasteiger partial charge in [-0.05, 0) is 49.9 Å². The summed E-state index contributed by atoms with van der Waals surface area (Å²) in [6, 6.07) is 3.64. The molecule has 0 aromatic heterocycles. The first-order chi connectivity index (χ1) is 11.0. The Morgan fingerprint density at radius 3 is 2.78 bits per heavy atom. The number of hydrogen-bond donors (Lipinski definition) is 1. The average Bonchev–Trinajstić information content (AvgIpc) is 2.91. The molecule has 2 aliphatic rings. The Morgan fingerprint density at radius 1 is 1.39 bits per heavy atom. The van der Waals surface area contributed by atoms with E-state index in [1.54, 1.807) is 4.90 Å². The van der Waals surface area contributed by atoms with Gasteiger partial charge in [0.2, 0.25) is 5.91 Å². The van der Waals surface area contributed by atoms with E-state index in [9.17, 15) is 9.59 Å². The fraction of sp³-hybridized carbons (Fsp3) is 0.529. The predicted molar refractivity (Wildman–Crippen MR) is 87.7 cm³/mol. The molecule has 0 saturated carbocycles. The summed E-state index contributed by atoms with van der Waals surface area (Å²) in [7, 11) is 0. The number of rotatable bonds is 3. The van der Waals surface area contributed by atoms with Gasteiger partial charge in [-0.2, -0.15) is 0 Å². The van der Waals surface area contributed by atoms with Crippen molar-refractivity contribution in [1.29, 1.82) is 0 Å². The van der Waals surface area contributed by atoms with E-state index in [0.717, 1.165) is 29.0 Å². The van der Waals surface area contributed by atoms with Crippen molar-refractivity contribution >= 4 is 23.4 Å². The van der Waals surface area contributed by atoms with E-state index in [-0.39, 0.29) is 30.4 Å². The largest absolute Gasteiger partial charge is 0.484 e. The highest BCUT2D eigenvalue weighted by Gasteiger charge is 2.42. The number of likely N-dealkylation sites (tertiary alicyclic amines) is 1. The molecule has 3 rings (SSSR count). The van der Waals surface area contributed by atoms with E-state index in [1.807, 2.05) is 26.0 Å². The third-order valence-corrected chi connectivity index (χ3v) is 5.29. The number of ether oxygens (including phenoxy) is 1. The Hall–Kier alpha value is -1.75. The maximum Gasteiger partial charge on any atom is 0.260 e. The number of fused-ring (bicyclic) bond motifs is 1.